The molecule has 0 aromatic heterocycles. The Morgan fingerprint density at radius 2 is 2.33 bits per heavy atom. The van der Waals surface area contributed by atoms with E-state index in [4.69, 9.17) is 16.7 Å². The van der Waals surface area contributed by atoms with E-state index in [0.29, 0.717) is 6.42 Å². The summed E-state index contributed by atoms with van der Waals surface area (Å²) in [5.74, 6) is 2.46. The molecule has 0 aliphatic heterocycles. The van der Waals surface area contributed by atoms with Crippen LogP contribution in [0.25, 0.3) is 0 Å². The third-order valence-corrected chi connectivity index (χ3v) is 0.437. The Hall–Kier alpha value is -0.190. The van der Waals surface area contributed by atoms with E-state index in [0.717, 1.165) is 0 Å². The first-order valence-corrected chi connectivity index (χ1v) is 1.99. The first kappa shape index (κ1) is 5.81. The lowest BCUT2D eigenvalue weighted by atomic mass is 10.5. The molecule has 0 amide bonds. The molecule has 0 radical (unpaired) electrons. The molecular formula is C4H5ClO. The molecule has 1 N–H and O–H groups in total. The van der Waals surface area contributed by atoms with E-state index in [1.165, 1.54) is 0 Å². The molecule has 0 bridgehead atoms. The number of hydrogen-bond donors (Lipinski definition) is 1. The van der Waals surface area contributed by atoms with Crippen LogP contribution in [0.4, 0.5) is 0 Å². The molecule has 0 unspecified atom stereocenters. The van der Waals surface area contributed by atoms with Gasteiger partial charge in [-0.3, -0.25) is 0 Å². The first-order valence-electron chi connectivity index (χ1n) is 1.61. The zero-order valence-corrected chi connectivity index (χ0v) is 4.00. The molecule has 0 aromatic rings. The SMILES string of the molecule is OCCC#CCl. The van der Waals surface area contributed by atoms with Crippen LogP contribution in [0.1, 0.15) is 6.42 Å². The van der Waals surface area contributed by atoms with E-state index in [2.05, 4.69) is 11.3 Å². The fraction of sp³-hybridized carbons (Fsp3) is 0.500. The van der Waals surface area contributed by atoms with E-state index < -0.39 is 0 Å². The highest BCUT2D eigenvalue weighted by Gasteiger charge is 1.65. The van der Waals surface area contributed by atoms with Crippen LogP contribution >= 0.6 is 11.6 Å². The predicted molar refractivity (Wildman–Crippen MR) is 25.3 cm³/mol. The van der Waals surface area contributed by atoms with E-state index in [9.17, 15) is 0 Å². The summed E-state index contributed by atoms with van der Waals surface area (Å²) >= 11 is 4.91. The molecular weight excluding hydrogens is 99.5 g/mol. The van der Waals surface area contributed by atoms with Gasteiger partial charge in [0.1, 0.15) is 0 Å². The number of halogens is 1. The molecule has 1 nitrogen and oxygen atoms in total. The monoisotopic (exact) mass is 104 g/mol. The van der Waals surface area contributed by atoms with Crippen molar-refractivity contribution in [2.45, 2.75) is 6.42 Å². The van der Waals surface area contributed by atoms with Gasteiger partial charge >= 0.3 is 0 Å². The summed E-state index contributed by atoms with van der Waals surface area (Å²) in [6, 6.07) is 0. The summed E-state index contributed by atoms with van der Waals surface area (Å²) in [5, 5.41) is 10.2. The predicted octanol–water partition coefficient (Wildman–Crippen LogP) is 0.569. The maximum atomic E-state index is 8.04. The van der Waals surface area contributed by atoms with E-state index in [1.54, 1.807) is 0 Å². The zero-order valence-electron chi connectivity index (χ0n) is 3.24. The molecule has 0 saturated heterocycles. The van der Waals surface area contributed by atoms with Gasteiger partial charge in [-0.1, -0.05) is 5.92 Å². The average Bonchev–Trinajstić information content (AvgIpc) is 1.61. The fourth-order valence-corrected chi connectivity index (χ4v) is 0.198. The van der Waals surface area contributed by atoms with Crippen molar-refractivity contribution in [2.24, 2.45) is 0 Å². The largest absolute Gasteiger partial charge is 0.395 e. The molecule has 0 atom stereocenters. The zero-order chi connectivity index (χ0) is 4.83. The fourth-order valence-electron chi connectivity index (χ4n) is 0.103. The number of rotatable bonds is 1. The van der Waals surface area contributed by atoms with Crippen LogP contribution < -0.4 is 0 Å². The van der Waals surface area contributed by atoms with Crippen molar-refractivity contribution in [1.29, 1.82) is 0 Å². The number of aliphatic hydroxyl groups is 1. The lowest BCUT2D eigenvalue weighted by Crippen LogP contribution is -1.73. The summed E-state index contributed by atoms with van der Waals surface area (Å²) in [4.78, 5) is 0. The molecule has 0 aromatic carbocycles. The summed E-state index contributed by atoms with van der Waals surface area (Å²) in [6.45, 7) is 0.0969. The van der Waals surface area contributed by atoms with Crippen molar-refractivity contribution in [3.8, 4) is 11.3 Å². The lowest BCUT2D eigenvalue weighted by Gasteiger charge is -1.71. The standard InChI is InChI=1S/C4H5ClO/c5-3-1-2-4-6/h6H,2,4H2. The van der Waals surface area contributed by atoms with Gasteiger partial charge in [0.05, 0.1) is 6.61 Å². The third kappa shape index (κ3) is 3.81. The van der Waals surface area contributed by atoms with Crippen LogP contribution in [-0.2, 0) is 0 Å². The quantitative estimate of drug-likeness (QED) is 0.482. The molecule has 6 heavy (non-hydrogen) atoms. The number of aliphatic hydroxyl groups excluding tert-OH is 1. The van der Waals surface area contributed by atoms with Gasteiger partial charge in [-0.25, -0.2) is 0 Å². The van der Waals surface area contributed by atoms with Crippen molar-refractivity contribution >= 4 is 11.6 Å². The van der Waals surface area contributed by atoms with Gasteiger partial charge in [0, 0.05) is 11.8 Å². The van der Waals surface area contributed by atoms with Crippen LogP contribution in [0.3, 0.4) is 0 Å². The Kier molecular flexibility index (Phi) is 4.66. The minimum Gasteiger partial charge on any atom is -0.395 e. The maximum Gasteiger partial charge on any atom is 0.0541 e. The van der Waals surface area contributed by atoms with Gasteiger partial charge in [0.15, 0.2) is 0 Å². The summed E-state index contributed by atoms with van der Waals surface area (Å²) in [7, 11) is 0. The molecule has 0 fully saturated rings. The second-order valence-corrected chi connectivity index (χ2v) is 0.934. The van der Waals surface area contributed by atoms with Crippen LogP contribution in [0.15, 0.2) is 0 Å². The summed E-state index contributed by atoms with van der Waals surface area (Å²) in [5.41, 5.74) is 0. The molecule has 0 saturated carbocycles. The molecule has 34 valence electrons. The Balaban J connectivity index is 2.79. The topological polar surface area (TPSA) is 20.2 Å². The Morgan fingerprint density at radius 1 is 1.67 bits per heavy atom. The molecule has 0 spiro atoms. The summed E-state index contributed by atoms with van der Waals surface area (Å²) < 4.78 is 0. The first-order chi connectivity index (χ1) is 2.91. The van der Waals surface area contributed by atoms with Crippen molar-refractivity contribution in [3.05, 3.63) is 0 Å². The second-order valence-electron chi connectivity index (χ2n) is 0.745. The molecule has 0 aliphatic carbocycles. The van der Waals surface area contributed by atoms with E-state index >= 15 is 0 Å². The van der Waals surface area contributed by atoms with E-state index in [1.807, 2.05) is 0 Å². The highest BCUT2D eigenvalue weighted by molar-refractivity contribution is 6.30. The lowest BCUT2D eigenvalue weighted by molar-refractivity contribution is 0.305. The molecule has 0 rings (SSSR count). The highest BCUT2D eigenvalue weighted by Crippen LogP contribution is 1.69. The van der Waals surface area contributed by atoms with Gasteiger partial charge in [0.2, 0.25) is 0 Å². The number of hydrogen-bond acceptors (Lipinski definition) is 1. The van der Waals surface area contributed by atoms with Crippen LogP contribution in [0.2, 0.25) is 0 Å². The van der Waals surface area contributed by atoms with Gasteiger partial charge in [0.25, 0.3) is 0 Å². The Bertz CT molecular complexity index is 69.4. The van der Waals surface area contributed by atoms with Crippen molar-refractivity contribution in [3.63, 3.8) is 0 Å². The van der Waals surface area contributed by atoms with Crippen molar-refractivity contribution < 1.29 is 5.11 Å². The minimum atomic E-state index is 0.0969. The van der Waals surface area contributed by atoms with Crippen molar-refractivity contribution in [1.82, 2.24) is 0 Å². The van der Waals surface area contributed by atoms with Gasteiger partial charge < -0.3 is 5.11 Å². The normalized spacial score (nSPS) is 6.33. The van der Waals surface area contributed by atoms with Crippen LogP contribution in [0, 0.1) is 11.3 Å². The van der Waals surface area contributed by atoms with Gasteiger partial charge in [-0.2, -0.15) is 0 Å². The minimum absolute atomic E-state index is 0.0969. The molecule has 0 aliphatic rings. The molecule has 0 heterocycles. The smallest absolute Gasteiger partial charge is 0.0541 e. The van der Waals surface area contributed by atoms with E-state index in [-0.39, 0.29) is 6.61 Å². The van der Waals surface area contributed by atoms with Crippen LogP contribution in [-0.4, -0.2) is 11.7 Å². The third-order valence-electron chi connectivity index (χ3n) is 0.304. The van der Waals surface area contributed by atoms with Gasteiger partial charge in [-0.15, -0.1) is 0 Å². The molecule has 2 heteroatoms. The maximum absolute atomic E-state index is 8.04. The van der Waals surface area contributed by atoms with Gasteiger partial charge in [-0.05, 0) is 11.6 Å². The van der Waals surface area contributed by atoms with Crippen molar-refractivity contribution in [2.75, 3.05) is 6.61 Å². The summed E-state index contributed by atoms with van der Waals surface area (Å²) in [6.07, 6.45) is 0.476. The average molecular weight is 105 g/mol. The second kappa shape index (κ2) is 4.81. The highest BCUT2D eigenvalue weighted by atomic mass is 35.5. The van der Waals surface area contributed by atoms with Crippen LogP contribution in [0.5, 0.6) is 0 Å². The Labute approximate surface area is 41.9 Å². The Morgan fingerprint density at radius 3 is 2.50 bits per heavy atom.